The number of para-hydroxylation sites is 1. The molecule has 0 atom stereocenters. The summed E-state index contributed by atoms with van der Waals surface area (Å²) in [5.74, 6) is 0.108. The predicted octanol–water partition coefficient (Wildman–Crippen LogP) is 4.33. The van der Waals surface area contributed by atoms with E-state index in [-0.39, 0.29) is 5.78 Å². The number of hydrogen-bond donors (Lipinski definition) is 1. The van der Waals surface area contributed by atoms with Gasteiger partial charge in [-0.3, -0.25) is 4.79 Å². The second-order valence-corrected chi connectivity index (χ2v) is 5.77. The highest BCUT2D eigenvalue weighted by Gasteiger charge is 2.28. The van der Waals surface area contributed by atoms with Crippen molar-refractivity contribution in [2.45, 2.75) is 4.90 Å². The molecule has 0 saturated carbocycles. The Bertz CT molecular complexity index is 789. The Labute approximate surface area is 121 Å². The van der Waals surface area contributed by atoms with Crippen molar-refractivity contribution in [3.63, 3.8) is 0 Å². The number of thioether (sulfide) groups is 1. The van der Waals surface area contributed by atoms with Crippen molar-refractivity contribution in [3.8, 4) is 0 Å². The molecule has 96 valence electrons. The van der Waals surface area contributed by atoms with Crippen LogP contribution in [0.4, 0.5) is 5.69 Å². The number of hydrogen-bond acceptors (Lipinski definition) is 3. The molecule has 3 heteroatoms. The maximum Gasteiger partial charge on any atom is 0.202 e. The third-order valence-electron chi connectivity index (χ3n) is 3.45. The average Bonchev–Trinajstić information content (AvgIpc) is 2.84. The maximum atomic E-state index is 12.5. The molecule has 0 bridgehead atoms. The van der Waals surface area contributed by atoms with Crippen molar-refractivity contribution < 1.29 is 4.79 Å². The van der Waals surface area contributed by atoms with Crippen LogP contribution in [0.3, 0.4) is 0 Å². The van der Waals surface area contributed by atoms with Crippen molar-refractivity contribution in [2.75, 3.05) is 5.32 Å². The van der Waals surface area contributed by atoms with Gasteiger partial charge >= 0.3 is 0 Å². The Balaban J connectivity index is 1.79. The van der Waals surface area contributed by atoms with Crippen molar-refractivity contribution in [1.29, 1.82) is 0 Å². The molecule has 0 spiro atoms. The van der Waals surface area contributed by atoms with Crippen LogP contribution >= 0.6 is 11.8 Å². The van der Waals surface area contributed by atoms with Crippen LogP contribution in [0.15, 0.2) is 70.1 Å². The molecule has 2 aliphatic rings. The average molecular weight is 277 g/mol. The van der Waals surface area contributed by atoms with E-state index in [2.05, 4.69) is 11.4 Å². The maximum absolute atomic E-state index is 12.5. The molecular formula is C17H11NOS. The Morgan fingerprint density at radius 1 is 0.900 bits per heavy atom. The summed E-state index contributed by atoms with van der Waals surface area (Å²) < 4.78 is 0. The number of ketones is 1. The SMILES string of the molecule is O=C1/C(=C2/C=Cc3ccccc3N2)Sc2ccccc21. The molecule has 2 aromatic rings. The lowest BCUT2D eigenvalue weighted by Gasteiger charge is -2.16. The van der Waals surface area contributed by atoms with E-state index in [1.54, 1.807) is 11.8 Å². The van der Waals surface area contributed by atoms with Crippen molar-refractivity contribution in [1.82, 2.24) is 0 Å². The molecule has 4 rings (SSSR count). The van der Waals surface area contributed by atoms with Gasteiger partial charge in [-0.2, -0.15) is 0 Å². The van der Waals surface area contributed by atoms with Gasteiger partial charge in [0.2, 0.25) is 5.78 Å². The van der Waals surface area contributed by atoms with Crippen LogP contribution in [-0.4, -0.2) is 5.78 Å². The van der Waals surface area contributed by atoms with E-state index in [0.29, 0.717) is 0 Å². The number of Topliss-reactive ketones (excluding diaryl/α,β-unsaturated/α-hetero) is 1. The zero-order chi connectivity index (χ0) is 13.5. The van der Waals surface area contributed by atoms with Crippen LogP contribution < -0.4 is 5.32 Å². The minimum Gasteiger partial charge on any atom is -0.354 e. The molecule has 0 aromatic heterocycles. The number of fused-ring (bicyclic) bond motifs is 2. The number of carbonyl (C=O) groups excluding carboxylic acids is 1. The number of benzene rings is 2. The van der Waals surface area contributed by atoms with E-state index in [9.17, 15) is 4.79 Å². The Morgan fingerprint density at radius 3 is 2.60 bits per heavy atom. The highest BCUT2D eigenvalue weighted by molar-refractivity contribution is 8.04. The van der Waals surface area contributed by atoms with E-state index in [4.69, 9.17) is 0 Å². The molecule has 20 heavy (non-hydrogen) atoms. The molecule has 0 saturated heterocycles. The zero-order valence-corrected chi connectivity index (χ0v) is 11.4. The minimum atomic E-state index is 0.108. The van der Waals surface area contributed by atoms with Crippen LogP contribution in [0, 0.1) is 0 Å². The van der Waals surface area contributed by atoms with Gasteiger partial charge in [0, 0.05) is 16.1 Å². The van der Waals surface area contributed by atoms with Gasteiger partial charge in [-0.25, -0.2) is 0 Å². The third kappa shape index (κ3) is 1.71. The Hall–Kier alpha value is -2.26. The Kier molecular flexibility index (Phi) is 2.54. The number of allylic oxidation sites excluding steroid dienone is 2. The van der Waals surface area contributed by atoms with Crippen molar-refractivity contribution in [3.05, 3.63) is 76.3 Å². The van der Waals surface area contributed by atoms with Gasteiger partial charge in [-0.05, 0) is 29.8 Å². The fraction of sp³-hybridized carbons (Fsp3) is 0. The van der Waals surface area contributed by atoms with Gasteiger partial charge in [-0.1, -0.05) is 48.2 Å². The van der Waals surface area contributed by atoms with E-state index < -0.39 is 0 Å². The molecule has 2 aromatic carbocycles. The fourth-order valence-corrected chi connectivity index (χ4v) is 3.52. The summed E-state index contributed by atoms with van der Waals surface area (Å²) in [7, 11) is 0. The van der Waals surface area contributed by atoms with Crippen LogP contribution in [0.2, 0.25) is 0 Å². The molecule has 1 N–H and O–H groups in total. The quantitative estimate of drug-likeness (QED) is 0.727. The summed E-state index contributed by atoms with van der Waals surface area (Å²) in [4.78, 5) is 14.3. The van der Waals surface area contributed by atoms with E-state index in [0.717, 1.165) is 32.3 Å². The third-order valence-corrected chi connectivity index (χ3v) is 4.64. The number of nitrogens with one attached hydrogen (secondary N) is 1. The highest BCUT2D eigenvalue weighted by Crippen LogP contribution is 2.42. The predicted molar refractivity (Wildman–Crippen MR) is 82.8 cm³/mol. The second kappa shape index (κ2) is 4.39. The molecule has 0 aliphatic carbocycles. The molecule has 2 heterocycles. The standard InChI is InChI=1S/C17H11NOS/c19-16-12-6-2-4-8-15(12)20-17(16)14-10-9-11-5-1-3-7-13(11)18-14/h1-10,18H/b17-14+. The first-order valence-electron chi connectivity index (χ1n) is 6.43. The highest BCUT2D eigenvalue weighted by atomic mass is 32.2. The molecule has 2 aliphatic heterocycles. The smallest absolute Gasteiger partial charge is 0.202 e. The second-order valence-electron chi connectivity index (χ2n) is 4.72. The summed E-state index contributed by atoms with van der Waals surface area (Å²) >= 11 is 1.54. The van der Waals surface area contributed by atoms with Crippen LogP contribution in [-0.2, 0) is 0 Å². The monoisotopic (exact) mass is 277 g/mol. The number of anilines is 1. The lowest BCUT2D eigenvalue weighted by atomic mass is 10.1. The molecule has 0 fully saturated rings. The molecular weight excluding hydrogens is 266 g/mol. The lowest BCUT2D eigenvalue weighted by molar-refractivity contribution is 0.104. The minimum absolute atomic E-state index is 0.108. The summed E-state index contributed by atoms with van der Waals surface area (Å²) in [6.07, 6.45) is 4.03. The summed E-state index contributed by atoms with van der Waals surface area (Å²) in [5.41, 5.74) is 3.87. The fourth-order valence-electron chi connectivity index (χ4n) is 2.45. The summed E-state index contributed by atoms with van der Waals surface area (Å²) in [6, 6.07) is 15.8. The van der Waals surface area contributed by atoms with Crippen LogP contribution in [0.1, 0.15) is 15.9 Å². The van der Waals surface area contributed by atoms with Gasteiger partial charge in [-0.15, -0.1) is 0 Å². The van der Waals surface area contributed by atoms with Gasteiger partial charge in [0.1, 0.15) is 0 Å². The van der Waals surface area contributed by atoms with E-state index >= 15 is 0 Å². The number of rotatable bonds is 0. The normalized spacial score (nSPS) is 19.5. The lowest BCUT2D eigenvalue weighted by Crippen LogP contribution is -2.08. The molecule has 2 nitrogen and oxygen atoms in total. The zero-order valence-electron chi connectivity index (χ0n) is 10.6. The Morgan fingerprint density at radius 2 is 1.70 bits per heavy atom. The van der Waals surface area contributed by atoms with Gasteiger partial charge < -0.3 is 5.32 Å². The largest absolute Gasteiger partial charge is 0.354 e. The summed E-state index contributed by atoms with van der Waals surface area (Å²) in [6.45, 7) is 0. The van der Waals surface area contributed by atoms with Gasteiger partial charge in [0.05, 0.1) is 10.6 Å². The van der Waals surface area contributed by atoms with Crippen LogP contribution in [0.25, 0.3) is 6.08 Å². The van der Waals surface area contributed by atoms with E-state index in [1.165, 1.54) is 0 Å². The van der Waals surface area contributed by atoms with Crippen molar-refractivity contribution >= 4 is 29.3 Å². The topological polar surface area (TPSA) is 29.1 Å². The summed E-state index contributed by atoms with van der Waals surface area (Å²) in [5, 5.41) is 3.36. The first-order valence-corrected chi connectivity index (χ1v) is 7.24. The molecule has 0 amide bonds. The first kappa shape index (κ1) is 11.6. The molecule has 0 unspecified atom stereocenters. The molecule has 0 radical (unpaired) electrons. The van der Waals surface area contributed by atoms with Crippen LogP contribution in [0.5, 0.6) is 0 Å². The van der Waals surface area contributed by atoms with Gasteiger partial charge in [0.15, 0.2) is 0 Å². The van der Waals surface area contributed by atoms with Crippen molar-refractivity contribution in [2.24, 2.45) is 0 Å². The van der Waals surface area contributed by atoms with E-state index in [1.807, 2.05) is 54.6 Å². The number of carbonyl (C=O) groups is 1. The van der Waals surface area contributed by atoms with Gasteiger partial charge in [0.25, 0.3) is 0 Å². The first-order chi connectivity index (χ1) is 9.83.